The Balaban J connectivity index is 1.52. The van der Waals surface area contributed by atoms with Gasteiger partial charge in [0.05, 0.1) is 33.9 Å². The summed E-state index contributed by atoms with van der Waals surface area (Å²) in [6.45, 7) is 5.82. The molecule has 142 valence electrons. The quantitative estimate of drug-likeness (QED) is 0.508. The maximum absolute atomic E-state index is 5.77. The fraction of sp³-hybridized carbons (Fsp3) is 0.429. The van der Waals surface area contributed by atoms with E-state index >= 15 is 0 Å². The van der Waals surface area contributed by atoms with Crippen molar-refractivity contribution < 1.29 is 24.4 Å². The van der Waals surface area contributed by atoms with Gasteiger partial charge >= 0.3 is 0 Å². The Morgan fingerprint density at radius 2 is 1.46 bits per heavy atom. The van der Waals surface area contributed by atoms with Crippen molar-refractivity contribution in [3.63, 3.8) is 0 Å². The molecular weight excluding hydrogens is 328 g/mol. The lowest BCUT2D eigenvalue weighted by molar-refractivity contribution is -0.874. The molecule has 0 heterocycles. The molecule has 0 spiro atoms. The Kier molecular flexibility index (Phi) is 9.57. The van der Waals surface area contributed by atoms with E-state index in [-0.39, 0.29) is 0 Å². The minimum Gasteiger partial charge on any atom is -0.491 e. The van der Waals surface area contributed by atoms with Gasteiger partial charge in [-0.15, -0.1) is 0 Å². The number of hydrogen-bond donors (Lipinski definition) is 2. The first-order chi connectivity index (χ1) is 12.7. The highest BCUT2D eigenvalue weighted by molar-refractivity contribution is 5.31. The fourth-order valence-electron chi connectivity index (χ4n) is 2.40. The maximum atomic E-state index is 5.77. The molecule has 0 atom stereocenters. The Morgan fingerprint density at radius 1 is 0.769 bits per heavy atom. The first kappa shape index (κ1) is 20.2. The molecule has 5 nitrogen and oxygen atoms in total. The topological polar surface area (TPSA) is 48.7 Å². The van der Waals surface area contributed by atoms with E-state index in [2.05, 4.69) is 31.5 Å². The third-order valence-electron chi connectivity index (χ3n) is 3.88. The standard InChI is InChI=1S/C21H30N2O3/c1-23(2)14-12-22-13-15-24-16-17-25-20-8-10-21(11-9-20)26-18-19-6-4-3-5-7-19/h3-11,22H,12-18H2,1-2H3/p+2. The molecule has 0 aromatic heterocycles. The summed E-state index contributed by atoms with van der Waals surface area (Å²) in [5, 5.41) is 2.29. The van der Waals surface area contributed by atoms with Crippen LogP contribution in [0.15, 0.2) is 54.6 Å². The third-order valence-corrected chi connectivity index (χ3v) is 3.88. The molecule has 2 aromatic carbocycles. The second-order valence-electron chi connectivity index (χ2n) is 6.53. The van der Waals surface area contributed by atoms with Crippen LogP contribution in [0, 0.1) is 0 Å². The van der Waals surface area contributed by atoms with E-state index in [0.717, 1.165) is 36.8 Å². The summed E-state index contributed by atoms with van der Waals surface area (Å²) in [5.74, 6) is 1.67. The van der Waals surface area contributed by atoms with Crippen molar-refractivity contribution in [2.45, 2.75) is 6.61 Å². The first-order valence-electron chi connectivity index (χ1n) is 9.32. The predicted molar refractivity (Wildman–Crippen MR) is 103 cm³/mol. The van der Waals surface area contributed by atoms with Crippen molar-refractivity contribution in [3.05, 3.63) is 60.2 Å². The van der Waals surface area contributed by atoms with E-state index in [1.165, 1.54) is 11.4 Å². The number of nitrogens with one attached hydrogen (secondary N) is 1. The summed E-state index contributed by atoms with van der Waals surface area (Å²) in [5.41, 5.74) is 1.16. The van der Waals surface area contributed by atoms with Crippen LogP contribution >= 0.6 is 0 Å². The molecule has 26 heavy (non-hydrogen) atoms. The molecule has 2 rings (SSSR count). The highest BCUT2D eigenvalue weighted by Crippen LogP contribution is 2.18. The number of rotatable bonds is 13. The molecule has 0 bridgehead atoms. The van der Waals surface area contributed by atoms with Crippen LogP contribution in [-0.2, 0) is 11.3 Å². The Hall–Kier alpha value is -2.08. The molecule has 0 fully saturated rings. The van der Waals surface area contributed by atoms with E-state index in [4.69, 9.17) is 14.2 Å². The van der Waals surface area contributed by atoms with E-state index < -0.39 is 0 Å². The third kappa shape index (κ3) is 8.85. The van der Waals surface area contributed by atoms with Gasteiger partial charge in [-0.1, -0.05) is 30.3 Å². The summed E-state index contributed by atoms with van der Waals surface area (Å²) in [6.07, 6.45) is 0. The summed E-state index contributed by atoms with van der Waals surface area (Å²) < 4.78 is 17.0. The van der Waals surface area contributed by atoms with Crippen LogP contribution in [0.1, 0.15) is 5.56 Å². The number of benzene rings is 2. The van der Waals surface area contributed by atoms with Crippen LogP contribution in [-0.4, -0.2) is 53.6 Å². The van der Waals surface area contributed by atoms with Crippen LogP contribution in [0.2, 0.25) is 0 Å². The van der Waals surface area contributed by atoms with Crippen LogP contribution in [0.25, 0.3) is 0 Å². The molecule has 5 heteroatoms. The van der Waals surface area contributed by atoms with Gasteiger partial charge in [-0.05, 0) is 29.8 Å². The molecule has 0 saturated heterocycles. The van der Waals surface area contributed by atoms with Gasteiger partial charge in [-0.25, -0.2) is 0 Å². The lowest BCUT2D eigenvalue weighted by atomic mass is 10.2. The molecule has 3 N–H and O–H groups in total. The normalized spacial score (nSPS) is 10.9. The van der Waals surface area contributed by atoms with E-state index in [1.807, 2.05) is 42.5 Å². The highest BCUT2D eigenvalue weighted by Gasteiger charge is 1.99. The SMILES string of the molecule is C[NH+](C)CC[NH2+]CCOCCOc1ccc(OCc2ccccc2)cc1. The van der Waals surface area contributed by atoms with Crippen molar-refractivity contribution >= 4 is 0 Å². The minimum atomic E-state index is 0.562. The molecule has 0 unspecified atom stereocenters. The van der Waals surface area contributed by atoms with Crippen LogP contribution < -0.4 is 19.7 Å². The summed E-state index contributed by atoms with van der Waals surface area (Å²) >= 11 is 0. The van der Waals surface area contributed by atoms with Gasteiger partial charge in [0.15, 0.2) is 0 Å². The molecule has 2 aromatic rings. The van der Waals surface area contributed by atoms with Crippen LogP contribution in [0.4, 0.5) is 0 Å². The molecular formula is C21H32N2O3+2. The van der Waals surface area contributed by atoms with Gasteiger partial charge in [0.2, 0.25) is 0 Å². The zero-order valence-electron chi connectivity index (χ0n) is 15.9. The number of hydrogen-bond acceptors (Lipinski definition) is 3. The molecule has 0 amide bonds. The van der Waals surface area contributed by atoms with Crippen molar-refractivity contribution in [1.29, 1.82) is 0 Å². The molecule has 0 aliphatic carbocycles. The predicted octanol–water partition coefficient (Wildman–Crippen LogP) is 0.369. The molecule has 0 aliphatic heterocycles. The van der Waals surface area contributed by atoms with Crippen molar-refractivity contribution in [2.24, 2.45) is 0 Å². The van der Waals surface area contributed by atoms with Gasteiger partial charge in [0.25, 0.3) is 0 Å². The van der Waals surface area contributed by atoms with Crippen LogP contribution in [0.3, 0.4) is 0 Å². The Morgan fingerprint density at radius 3 is 2.15 bits per heavy atom. The monoisotopic (exact) mass is 360 g/mol. The zero-order chi connectivity index (χ0) is 18.5. The number of likely N-dealkylation sites (N-methyl/N-ethyl adjacent to an activating group) is 1. The van der Waals surface area contributed by atoms with Crippen molar-refractivity contribution in [1.82, 2.24) is 0 Å². The zero-order valence-corrected chi connectivity index (χ0v) is 15.9. The first-order valence-corrected chi connectivity index (χ1v) is 9.32. The number of ether oxygens (including phenoxy) is 3. The van der Waals surface area contributed by atoms with E-state index in [0.29, 0.717) is 19.8 Å². The highest BCUT2D eigenvalue weighted by atomic mass is 16.5. The molecule has 0 radical (unpaired) electrons. The number of nitrogens with two attached hydrogens (primary N) is 1. The Labute approximate surface area is 156 Å². The van der Waals surface area contributed by atoms with Gasteiger partial charge in [-0.3, -0.25) is 0 Å². The fourth-order valence-corrected chi connectivity index (χ4v) is 2.40. The van der Waals surface area contributed by atoms with Gasteiger partial charge < -0.3 is 24.4 Å². The van der Waals surface area contributed by atoms with Crippen LogP contribution in [0.5, 0.6) is 11.5 Å². The average Bonchev–Trinajstić information content (AvgIpc) is 2.66. The second-order valence-corrected chi connectivity index (χ2v) is 6.53. The van der Waals surface area contributed by atoms with Gasteiger partial charge in [0, 0.05) is 0 Å². The lowest BCUT2D eigenvalue weighted by Crippen LogP contribution is -3.09. The molecule has 0 aliphatic rings. The van der Waals surface area contributed by atoms with Gasteiger partial charge in [-0.2, -0.15) is 0 Å². The minimum absolute atomic E-state index is 0.562. The van der Waals surface area contributed by atoms with Crippen molar-refractivity contribution in [2.75, 3.05) is 53.6 Å². The van der Waals surface area contributed by atoms with Gasteiger partial charge in [0.1, 0.15) is 37.8 Å². The van der Waals surface area contributed by atoms with E-state index in [1.54, 1.807) is 0 Å². The van der Waals surface area contributed by atoms with Crippen molar-refractivity contribution in [3.8, 4) is 11.5 Å². The Bertz CT molecular complexity index is 588. The smallest absolute Gasteiger partial charge is 0.126 e. The summed E-state index contributed by atoms with van der Waals surface area (Å²) in [7, 11) is 4.34. The maximum Gasteiger partial charge on any atom is 0.126 e. The van der Waals surface area contributed by atoms with E-state index in [9.17, 15) is 0 Å². The average molecular weight is 360 g/mol. The largest absolute Gasteiger partial charge is 0.491 e. The molecule has 0 saturated carbocycles. The number of quaternary nitrogens is 2. The lowest BCUT2D eigenvalue weighted by Gasteiger charge is -2.09. The summed E-state index contributed by atoms with van der Waals surface area (Å²) in [6, 6.07) is 17.9. The second kappa shape index (κ2) is 12.3. The summed E-state index contributed by atoms with van der Waals surface area (Å²) in [4.78, 5) is 1.48.